The maximum Gasteiger partial charge on any atom is 0.178 e. The molecule has 6 nitrogen and oxygen atoms in total. The number of anilines is 1. The molecule has 0 radical (unpaired) electrons. The summed E-state index contributed by atoms with van der Waals surface area (Å²) in [5.41, 5.74) is 7.04. The summed E-state index contributed by atoms with van der Waals surface area (Å²) >= 11 is 0. The highest BCUT2D eigenvalue weighted by atomic mass is 32.2. The quantitative estimate of drug-likeness (QED) is 0.873. The molecule has 0 aliphatic carbocycles. The maximum absolute atomic E-state index is 11.6. The van der Waals surface area contributed by atoms with Gasteiger partial charge in [0.25, 0.3) is 0 Å². The zero-order chi connectivity index (χ0) is 13.5. The third-order valence-corrected chi connectivity index (χ3v) is 5.35. The summed E-state index contributed by atoms with van der Waals surface area (Å²) in [6, 6.07) is 3.59. The summed E-state index contributed by atoms with van der Waals surface area (Å²) < 4.78 is 24.9. The minimum absolute atomic E-state index is 0.123. The van der Waals surface area contributed by atoms with Crippen LogP contribution in [0.25, 0.3) is 5.65 Å². The van der Waals surface area contributed by atoms with E-state index in [9.17, 15) is 8.42 Å². The third-order valence-electron chi connectivity index (χ3n) is 3.46. The van der Waals surface area contributed by atoms with Crippen LogP contribution in [0.3, 0.4) is 0 Å². The largest absolute Gasteiger partial charge is 0.396 e. The van der Waals surface area contributed by atoms with Crippen LogP contribution in [-0.4, -0.2) is 34.5 Å². The van der Waals surface area contributed by atoms with Gasteiger partial charge in [0.15, 0.2) is 21.3 Å². The van der Waals surface area contributed by atoms with Crippen LogP contribution in [0.2, 0.25) is 0 Å². The van der Waals surface area contributed by atoms with Crippen molar-refractivity contribution in [2.24, 2.45) is 5.92 Å². The number of nitrogens with zero attached hydrogens (tertiary/aromatic N) is 3. The maximum atomic E-state index is 11.6. The van der Waals surface area contributed by atoms with Gasteiger partial charge in [0.1, 0.15) is 0 Å². The molecule has 102 valence electrons. The third kappa shape index (κ3) is 2.56. The molecule has 1 saturated heterocycles. The molecule has 0 amide bonds. The van der Waals surface area contributed by atoms with Crippen molar-refractivity contribution in [3.63, 3.8) is 0 Å². The molecule has 7 heteroatoms. The smallest absolute Gasteiger partial charge is 0.178 e. The molecule has 3 heterocycles. The molecule has 0 spiro atoms. The molecule has 0 aromatic carbocycles. The molecule has 1 aliphatic rings. The molecule has 0 saturated carbocycles. The average molecular weight is 280 g/mol. The summed E-state index contributed by atoms with van der Waals surface area (Å²) in [7, 11) is -2.88. The van der Waals surface area contributed by atoms with Gasteiger partial charge in [-0.3, -0.25) is 0 Å². The van der Waals surface area contributed by atoms with Gasteiger partial charge in [-0.15, -0.1) is 0 Å². The van der Waals surface area contributed by atoms with E-state index >= 15 is 0 Å². The van der Waals surface area contributed by atoms with E-state index in [-0.39, 0.29) is 11.7 Å². The zero-order valence-corrected chi connectivity index (χ0v) is 11.3. The molecule has 3 rings (SSSR count). The van der Waals surface area contributed by atoms with Gasteiger partial charge in [0.05, 0.1) is 17.2 Å². The van der Waals surface area contributed by atoms with E-state index < -0.39 is 9.84 Å². The summed E-state index contributed by atoms with van der Waals surface area (Å²) in [4.78, 5) is 4.39. The topological polar surface area (TPSA) is 90.4 Å². The fourth-order valence-corrected chi connectivity index (χ4v) is 4.37. The molecule has 2 N–H and O–H groups in total. The van der Waals surface area contributed by atoms with Crippen LogP contribution in [0.4, 0.5) is 5.69 Å². The van der Waals surface area contributed by atoms with Crippen LogP contribution in [0.1, 0.15) is 18.7 Å². The van der Waals surface area contributed by atoms with E-state index in [1.54, 1.807) is 16.8 Å². The van der Waals surface area contributed by atoms with Gasteiger partial charge >= 0.3 is 0 Å². The summed E-state index contributed by atoms with van der Waals surface area (Å²) in [6.07, 6.45) is 4.05. The monoisotopic (exact) mass is 280 g/mol. The second-order valence-corrected chi connectivity index (χ2v) is 7.32. The molecule has 2 aromatic heterocycles. The highest BCUT2D eigenvalue weighted by molar-refractivity contribution is 7.91. The summed E-state index contributed by atoms with van der Waals surface area (Å²) in [5.74, 6) is 1.35. The van der Waals surface area contributed by atoms with Crippen molar-refractivity contribution in [3.8, 4) is 0 Å². The number of rotatable bonds is 2. The van der Waals surface area contributed by atoms with Crippen molar-refractivity contribution >= 4 is 21.2 Å². The number of fused-ring (bicyclic) bond motifs is 1. The molecular formula is C12H16N4O2S. The van der Waals surface area contributed by atoms with Gasteiger partial charge in [0.2, 0.25) is 0 Å². The summed E-state index contributed by atoms with van der Waals surface area (Å²) in [5, 5.41) is 4.35. The van der Waals surface area contributed by atoms with Gasteiger partial charge in [0, 0.05) is 12.6 Å². The predicted octanol–water partition coefficient (Wildman–Crippen LogP) is 0.679. The Balaban J connectivity index is 1.84. The molecule has 1 unspecified atom stereocenters. The van der Waals surface area contributed by atoms with E-state index in [0.717, 1.165) is 12.8 Å². The molecular weight excluding hydrogens is 264 g/mol. The average Bonchev–Trinajstić information content (AvgIpc) is 2.71. The Labute approximate surface area is 111 Å². The molecule has 2 aromatic rings. The molecule has 19 heavy (non-hydrogen) atoms. The highest BCUT2D eigenvalue weighted by Gasteiger charge is 2.26. The fraction of sp³-hybridized carbons (Fsp3) is 0.500. The lowest BCUT2D eigenvalue weighted by molar-refractivity contribution is 0.475. The lowest BCUT2D eigenvalue weighted by Gasteiger charge is -2.20. The first-order valence-corrected chi connectivity index (χ1v) is 8.16. The van der Waals surface area contributed by atoms with Gasteiger partial charge in [-0.25, -0.2) is 17.9 Å². The predicted molar refractivity (Wildman–Crippen MR) is 72.5 cm³/mol. The van der Waals surface area contributed by atoms with E-state index in [2.05, 4.69) is 10.1 Å². The van der Waals surface area contributed by atoms with Gasteiger partial charge in [-0.1, -0.05) is 0 Å². The van der Waals surface area contributed by atoms with E-state index in [4.69, 9.17) is 5.73 Å². The fourth-order valence-electron chi connectivity index (χ4n) is 2.59. The number of nitrogen functional groups attached to an aromatic ring is 1. The normalized spacial score (nSPS) is 22.6. The van der Waals surface area contributed by atoms with E-state index in [0.29, 0.717) is 29.3 Å². The van der Waals surface area contributed by atoms with Crippen molar-refractivity contribution in [1.82, 2.24) is 14.6 Å². The number of hydrogen-bond acceptors (Lipinski definition) is 5. The minimum Gasteiger partial charge on any atom is -0.396 e. The number of hydrogen-bond donors (Lipinski definition) is 1. The van der Waals surface area contributed by atoms with Crippen LogP contribution >= 0.6 is 0 Å². The molecule has 1 fully saturated rings. The Hall–Kier alpha value is -1.63. The summed E-state index contributed by atoms with van der Waals surface area (Å²) in [6.45, 7) is 0. The van der Waals surface area contributed by atoms with Crippen molar-refractivity contribution in [1.29, 1.82) is 0 Å². The Kier molecular flexibility index (Phi) is 2.93. The number of pyridine rings is 1. The molecule has 0 bridgehead atoms. The van der Waals surface area contributed by atoms with Gasteiger partial charge < -0.3 is 5.73 Å². The first kappa shape index (κ1) is 12.4. The standard InChI is InChI=1S/C12H16N4O2S/c13-10-4-1-5-16-12(10)14-11(15-16)7-9-3-2-6-19(17,18)8-9/h1,4-5,9H,2-3,6-8,13H2. The second kappa shape index (κ2) is 4.48. The zero-order valence-electron chi connectivity index (χ0n) is 10.5. The second-order valence-electron chi connectivity index (χ2n) is 5.09. The molecule has 1 atom stereocenters. The van der Waals surface area contributed by atoms with Crippen LogP contribution in [0, 0.1) is 5.92 Å². The first-order valence-electron chi connectivity index (χ1n) is 6.34. The SMILES string of the molecule is Nc1cccn2nc(CC3CCCS(=O)(=O)C3)nc12. The van der Waals surface area contributed by atoms with Crippen molar-refractivity contribution in [3.05, 3.63) is 24.2 Å². The van der Waals surface area contributed by atoms with E-state index in [1.807, 2.05) is 6.07 Å². The van der Waals surface area contributed by atoms with Crippen LogP contribution in [0.5, 0.6) is 0 Å². The van der Waals surface area contributed by atoms with Crippen LogP contribution in [-0.2, 0) is 16.3 Å². The van der Waals surface area contributed by atoms with Crippen molar-refractivity contribution in [2.75, 3.05) is 17.2 Å². The lowest BCUT2D eigenvalue weighted by atomic mass is 10.0. The minimum atomic E-state index is -2.88. The van der Waals surface area contributed by atoms with Crippen molar-refractivity contribution < 1.29 is 8.42 Å². The van der Waals surface area contributed by atoms with Crippen LogP contribution < -0.4 is 5.73 Å². The van der Waals surface area contributed by atoms with Gasteiger partial charge in [-0.2, -0.15) is 5.10 Å². The Bertz CT molecular complexity index is 708. The van der Waals surface area contributed by atoms with E-state index in [1.165, 1.54) is 0 Å². The Morgan fingerprint density at radius 2 is 2.32 bits per heavy atom. The highest BCUT2D eigenvalue weighted by Crippen LogP contribution is 2.22. The number of nitrogens with two attached hydrogens (primary N) is 1. The number of aromatic nitrogens is 3. The Morgan fingerprint density at radius 1 is 1.47 bits per heavy atom. The number of sulfone groups is 1. The Morgan fingerprint density at radius 3 is 3.05 bits per heavy atom. The van der Waals surface area contributed by atoms with Crippen molar-refractivity contribution in [2.45, 2.75) is 19.3 Å². The lowest BCUT2D eigenvalue weighted by Crippen LogP contribution is -2.26. The van der Waals surface area contributed by atoms with Gasteiger partial charge in [-0.05, 0) is 30.9 Å². The molecule has 1 aliphatic heterocycles. The van der Waals surface area contributed by atoms with Crippen LogP contribution in [0.15, 0.2) is 18.3 Å². The first-order chi connectivity index (χ1) is 9.03.